The molecular formula is C19H24N2O2. The van der Waals surface area contributed by atoms with Crippen LogP contribution in [0.4, 0.5) is 0 Å². The molecule has 0 aliphatic carbocycles. The number of aromatic nitrogens is 2. The van der Waals surface area contributed by atoms with Crippen LogP contribution in [0.5, 0.6) is 5.75 Å². The number of hydrogen-bond acceptors (Lipinski definition) is 4. The number of esters is 1. The van der Waals surface area contributed by atoms with Gasteiger partial charge >= 0.3 is 5.97 Å². The summed E-state index contributed by atoms with van der Waals surface area (Å²) in [4.78, 5) is 20.4. The van der Waals surface area contributed by atoms with Crippen molar-refractivity contribution < 1.29 is 9.53 Å². The Morgan fingerprint density at radius 1 is 1.00 bits per heavy atom. The van der Waals surface area contributed by atoms with Gasteiger partial charge in [0, 0.05) is 18.2 Å². The van der Waals surface area contributed by atoms with Crippen LogP contribution in [0.15, 0.2) is 36.7 Å². The van der Waals surface area contributed by atoms with Gasteiger partial charge in [0.05, 0.1) is 17.6 Å². The third-order valence-corrected chi connectivity index (χ3v) is 3.58. The molecule has 4 heteroatoms. The number of rotatable bonds is 8. The van der Waals surface area contributed by atoms with Crippen molar-refractivity contribution in [3.05, 3.63) is 42.4 Å². The highest BCUT2D eigenvalue weighted by atomic mass is 16.5. The minimum absolute atomic E-state index is 0.198. The summed E-state index contributed by atoms with van der Waals surface area (Å²) >= 11 is 0. The molecule has 0 saturated carbocycles. The van der Waals surface area contributed by atoms with Gasteiger partial charge < -0.3 is 4.74 Å². The number of nitrogens with zero attached hydrogens (tertiary/aromatic N) is 2. The average Bonchev–Trinajstić information content (AvgIpc) is 2.57. The fraction of sp³-hybridized carbons (Fsp3) is 0.421. The number of benzene rings is 1. The lowest BCUT2D eigenvalue weighted by molar-refractivity contribution is -0.134. The van der Waals surface area contributed by atoms with Crippen LogP contribution in [0.1, 0.15) is 51.6 Å². The van der Waals surface area contributed by atoms with Crippen LogP contribution in [0.2, 0.25) is 0 Å². The van der Waals surface area contributed by atoms with Gasteiger partial charge in [0.25, 0.3) is 0 Å². The lowest BCUT2D eigenvalue weighted by Crippen LogP contribution is -2.06. The van der Waals surface area contributed by atoms with E-state index in [4.69, 9.17) is 4.74 Å². The lowest BCUT2D eigenvalue weighted by atomic mass is 10.1. The fourth-order valence-corrected chi connectivity index (χ4v) is 2.27. The third kappa shape index (κ3) is 5.47. The van der Waals surface area contributed by atoms with Gasteiger partial charge in [-0.2, -0.15) is 0 Å². The molecule has 0 bridgehead atoms. The molecule has 0 aliphatic heterocycles. The Hall–Kier alpha value is -2.23. The van der Waals surface area contributed by atoms with Gasteiger partial charge in [-0.15, -0.1) is 0 Å². The smallest absolute Gasteiger partial charge is 0.311 e. The summed E-state index contributed by atoms with van der Waals surface area (Å²) in [5, 5.41) is 0. The van der Waals surface area contributed by atoms with Crippen LogP contribution in [-0.4, -0.2) is 15.9 Å². The molecule has 4 nitrogen and oxygen atoms in total. The highest BCUT2D eigenvalue weighted by molar-refractivity contribution is 5.72. The van der Waals surface area contributed by atoms with Gasteiger partial charge in [0.2, 0.25) is 0 Å². The van der Waals surface area contributed by atoms with Crippen LogP contribution in [-0.2, 0) is 11.2 Å². The van der Waals surface area contributed by atoms with E-state index in [2.05, 4.69) is 16.9 Å². The molecule has 0 spiro atoms. The molecular weight excluding hydrogens is 288 g/mol. The molecule has 0 radical (unpaired) electrons. The molecule has 0 atom stereocenters. The molecule has 1 heterocycles. The lowest BCUT2D eigenvalue weighted by Gasteiger charge is -2.06. The van der Waals surface area contributed by atoms with E-state index in [0.29, 0.717) is 12.2 Å². The van der Waals surface area contributed by atoms with Crippen LogP contribution in [0.3, 0.4) is 0 Å². The van der Waals surface area contributed by atoms with Gasteiger partial charge in [-0.25, -0.2) is 0 Å². The van der Waals surface area contributed by atoms with Crippen molar-refractivity contribution in [2.45, 2.75) is 52.4 Å². The molecule has 2 rings (SSSR count). The van der Waals surface area contributed by atoms with Gasteiger partial charge in [0.15, 0.2) is 0 Å². The molecule has 0 unspecified atom stereocenters. The monoisotopic (exact) mass is 312 g/mol. The van der Waals surface area contributed by atoms with Crippen molar-refractivity contribution in [3.8, 4) is 17.0 Å². The summed E-state index contributed by atoms with van der Waals surface area (Å²) in [7, 11) is 0. The summed E-state index contributed by atoms with van der Waals surface area (Å²) in [6, 6.07) is 7.38. The first-order chi connectivity index (χ1) is 11.2. The van der Waals surface area contributed by atoms with Gasteiger partial charge in [-0.3, -0.25) is 14.8 Å². The highest BCUT2D eigenvalue weighted by Gasteiger charge is 2.05. The normalized spacial score (nSPS) is 10.5. The zero-order valence-electron chi connectivity index (χ0n) is 13.9. The quantitative estimate of drug-likeness (QED) is 0.406. The Kier molecular flexibility index (Phi) is 6.73. The summed E-state index contributed by atoms with van der Waals surface area (Å²) in [5.41, 5.74) is 2.83. The minimum atomic E-state index is -0.198. The topological polar surface area (TPSA) is 52.1 Å². The standard InChI is InChI=1S/C19H24N2O2/c1-3-5-6-8-16-13-21-18(14-20-16)15-9-11-17(12-10-15)23-19(22)7-4-2/h9-14H,3-8H2,1-2H3. The van der Waals surface area contributed by atoms with Crippen molar-refractivity contribution in [2.75, 3.05) is 0 Å². The molecule has 2 aromatic rings. The molecule has 23 heavy (non-hydrogen) atoms. The van der Waals surface area contributed by atoms with Crippen molar-refractivity contribution in [1.29, 1.82) is 0 Å². The van der Waals surface area contributed by atoms with Crippen LogP contribution in [0.25, 0.3) is 11.3 Å². The number of unbranched alkanes of at least 4 members (excludes halogenated alkanes) is 2. The van der Waals surface area contributed by atoms with Crippen molar-refractivity contribution in [3.63, 3.8) is 0 Å². The van der Waals surface area contributed by atoms with Crippen molar-refractivity contribution >= 4 is 5.97 Å². The Balaban J connectivity index is 1.97. The predicted molar refractivity (Wildman–Crippen MR) is 91.2 cm³/mol. The van der Waals surface area contributed by atoms with E-state index in [1.807, 2.05) is 25.3 Å². The van der Waals surface area contributed by atoms with Gasteiger partial charge in [-0.05, 0) is 43.5 Å². The molecule has 0 aliphatic rings. The second kappa shape index (κ2) is 9.03. The first kappa shape index (κ1) is 17.1. The number of ether oxygens (including phenoxy) is 1. The Labute approximate surface area is 137 Å². The molecule has 0 amide bonds. The van der Waals surface area contributed by atoms with E-state index in [1.54, 1.807) is 18.3 Å². The highest BCUT2D eigenvalue weighted by Crippen LogP contribution is 2.20. The first-order valence-corrected chi connectivity index (χ1v) is 8.35. The second-order valence-corrected chi connectivity index (χ2v) is 5.60. The predicted octanol–water partition coefficient (Wildman–Crippen LogP) is 4.58. The van der Waals surface area contributed by atoms with E-state index in [9.17, 15) is 4.79 Å². The Morgan fingerprint density at radius 2 is 1.78 bits per heavy atom. The SMILES string of the molecule is CCCCCc1cnc(-c2ccc(OC(=O)CCC)cc2)cn1. The molecule has 1 aromatic carbocycles. The maximum Gasteiger partial charge on any atom is 0.311 e. The summed E-state index contributed by atoms with van der Waals surface area (Å²) in [5.74, 6) is 0.368. The molecule has 0 N–H and O–H groups in total. The molecule has 0 fully saturated rings. The van der Waals surface area contributed by atoms with E-state index >= 15 is 0 Å². The molecule has 0 saturated heterocycles. The zero-order valence-corrected chi connectivity index (χ0v) is 13.9. The summed E-state index contributed by atoms with van der Waals surface area (Å²) in [6.07, 6.45) is 9.45. The van der Waals surface area contributed by atoms with E-state index in [1.165, 1.54) is 12.8 Å². The summed E-state index contributed by atoms with van der Waals surface area (Å²) in [6.45, 7) is 4.15. The van der Waals surface area contributed by atoms with Crippen molar-refractivity contribution in [2.24, 2.45) is 0 Å². The van der Waals surface area contributed by atoms with Gasteiger partial charge in [-0.1, -0.05) is 26.7 Å². The van der Waals surface area contributed by atoms with Crippen LogP contribution >= 0.6 is 0 Å². The number of carbonyl (C=O) groups excluding carboxylic acids is 1. The van der Waals surface area contributed by atoms with E-state index < -0.39 is 0 Å². The van der Waals surface area contributed by atoms with Crippen molar-refractivity contribution in [1.82, 2.24) is 9.97 Å². The molecule has 1 aromatic heterocycles. The Morgan fingerprint density at radius 3 is 2.39 bits per heavy atom. The van der Waals surface area contributed by atoms with E-state index in [-0.39, 0.29) is 5.97 Å². The maximum atomic E-state index is 11.5. The zero-order chi connectivity index (χ0) is 16.5. The van der Waals surface area contributed by atoms with Crippen LogP contribution in [0, 0.1) is 0 Å². The summed E-state index contributed by atoms with van der Waals surface area (Å²) < 4.78 is 5.24. The third-order valence-electron chi connectivity index (χ3n) is 3.58. The van der Waals surface area contributed by atoms with E-state index in [0.717, 1.165) is 36.2 Å². The Bertz CT molecular complexity index is 606. The maximum absolute atomic E-state index is 11.5. The number of hydrogen-bond donors (Lipinski definition) is 0. The number of aryl methyl sites for hydroxylation is 1. The minimum Gasteiger partial charge on any atom is -0.427 e. The first-order valence-electron chi connectivity index (χ1n) is 8.35. The average molecular weight is 312 g/mol. The fourth-order valence-electron chi connectivity index (χ4n) is 2.27. The van der Waals surface area contributed by atoms with Crippen LogP contribution < -0.4 is 4.74 Å². The number of carbonyl (C=O) groups is 1. The second-order valence-electron chi connectivity index (χ2n) is 5.60. The van der Waals surface area contributed by atoms with Gasteiger partial charge in [0.1, 0.15) is 5.75 Å². The molecule has 122 valence electrons. The largest absolute Gasteiger partial charge is 0.427 e.